The fourth-order valence-electron chi connectivity index (χ4n) is 2.37. The van der Waals surface area contributed by atoms with Gasteiger partial charge in [0.1, 0.15) is 6.61 Å². The van der Waals surface area contributed by atoms with E-state index >= 15 is 0 Å². The molecule has 98 valence electrons. The minimum absolute atomic E-state index is 0.0809. The molecule has 1 amide bonds. The van der Waals surface area contributed by atoms with Crippen LogP contribution in [-0.2, 0) is 9.47 Å². The average Bonchev–Trinajstić information content (AvgIpc) is 2.86. The molecule has 6 heteroatoms. The number of hydrogen-bond donors (Lipinski definition) is 1. The van der Waals surface area contributed by atoms with E-state index in [4.69, 9.17) is 14.6 Å². The van der Waals surface area contributed by atoms with Crippen molar-refractivity contribution < 1.29 is 19.4 Å². The molecule has 2 saturated heterocycles. The van der Waals surface area contributed by atoms with Crippen molar-refractivity contribution in [3.8, 4) is 0 Å². The number of carbonyl (C=O) groups excluding carboxylic acids is 1. The minimum atomic E-state index is -0.310. The van der Waals surface area contributed by atoms with Gasteiger partial charge in [0.25, 0.3) is 0 Å². The smallest absolute Gasteiger partial charge is 0.409 e. The van der Waals surface area contributed by atoms with Gasteiger partial charge in [-0.2, -0.15) is 0 Å². The molecule has 2 heterocycles. The molecule has 0 aromatic heterocycles. The molecule has 0 aliphatic carbocycles. The van der Waals surface area contributed by atoms with Crippen molar-refractivity contribution in [2.45, 2.75) is 12.5 Å². The number of amides is 1. The number of nitrogens with zero attached hydrogens (tertiary/aromatic N) is 2. The first-order valence-corrected chi connectivity index (χ1v) is 6.15. The molecule has 1 atom stereocenters. The number of ether oxygens (including phenoxy) is 2. The van der Waals surface area contributed by atoms with E-state index in [2.05, 4.69) is 4.90 Å². The van der Waals surface area contributed by atoms with Crippen molar-refractivity contribution in [3.63, 3.8) is 0 Å². The van der Waals surface area contributed by atoms with Gasteiger partial charge in [-0.05, 0) is 6.42 Å². The first-order valence-electron chi connectivity index (χ1n) is 6.15. The van der Waals surface area contributed by atoms with Crippen LogP contribution in [-0.4, -0.2) is 79.6 Å². The fourth-order valence-corrected chi connectivity index (χ4v) is 2.37. The van der Waals surface area contributed by atoms with Gasteiger partial charge in [-0.3, -0.25) is 4.90 Å². The highest BCUT2D eigenvalue weighted by Gasteiger charge is 2.31. The Morgan fingerprint density at radius 1 is 1.35 bits per heavy atom. The Morgan fingerprint density at radius 2 is 2.12 bits per heavy atom. The number of aliphatic hydroxyl groups is 1. The van der Waals surface area contributed by atoms with Gasteiger partial charge >= 0.3 is 6.09 Å². The molecule has 6 nitrogen and oxygen atoms in total. The summed E-state index contributed by atoms with van der Waals surface area (Å²) < 4.78 is 10.2. The van der Waals surface area contributed by atoms with Crippen molar-refractivity contribution in [2.24, 2.45) is 0 Å². The molecule has 0 saturated carbocycles. The Morgan fingerprint density at radius 3 is 2.82 bits per heavy atom. The summed E-state index contributed by atoms with van der Waals surface area (Å²) in [7, 11) is 0. The zero-order valence-electron chi connectivity index (χ0n) is 10.0. The number of carbonyl (C=O) groups is 1. The molecule has 0 spiro atoms. The van der Waals surface area contributed by atoms with Crippen LogP contribution in [0.5, 0.6) is 0 Å². The maximum Gasteiger partial charge on any atom is 0.409 e. The zero-order chi connectivity index (χ0) is 12.1. The van der Waals surface area contributed by atoms with Crippen molar-refractivity contribution in [3.05, 3.63) is 0 Å². The molecule has 2 aliphatic rings. The fraction of sp³-hybridized carbons (Fsp3) is 0.909. The molecular weight excluding hydrogens is 224 g/mol. The number of hydrogen-bond acceptors (Lipinski definition) is 5. The van der Waals surface area contributed by atoms with Crippen molar-refractivity contribution >= 4 is 6.09 Å². The highest BCUT2D eigenvalue weighted by Crippen LogP contribution is 2.17. The lowest BCUT2D eigenvalue weighted by atomic mass is 10.2. The molecule has 0 radical (unpaired) electrons. The van der Waals surface area contributed by atoms with Gasteiger partial charge in [0.15, 0.2) is 0 Å². The lowest BCUT2D eigenvalue weighted by Crippen LogP contribution is -2.45. The highest BCUT2D eigenvalue weighted by atomic mass is 16.6. The van der Waals surface area contributed by atoms with Crippen molar-refractivity contribution in [2.75, 3.05) is 52.6 Å². The van der Waals surface area contributed by atoms with E-state index in [1.165, 1.54) is 0 Å². The second kappa shape index (κ2) is 6.18. The lowest BCUT2D eigenvalue weighted by Gasteiger charge is -2.31. The van der Waals surface area contributed by atoms with Crippen LogP contribution in [0.3, 0.4) is 0 Å². The molecular formula is C11H20N2O4. The SMILES string of the molecule is O=C(OCCO)N1CCC(N2CCOCC2)C1. The van der Waals surface area contributed by atoms with E-state index in [0.29, 0.717) is 6.04 Å². The molecule has 1 unspecified atom stereocenters. The van der Waals surface area contributed by atoms with Gasteiger partial charge in [-0.1, -0.05) is 0 Å². The molecule has 2 fully saturated rings. The second-order valence-corrected chi connectivity index (χ2v) is 4.37. The molecule has 2 aliphatic heterocycles. The van der Waals surface area contributed by atoms with E-state index in [9.17, 15) is 4.79 Å². The lowest BCUT2D eigenvalue weighted by molar-refractivity contribution is 0.0180. The monoisotopic (exact) mass is 244 g/mol. The van der Waals surface area contributed by atoms with E-state index in [1.54, 1.807) is 4.90 Å². The van der Waals surface area contributed by atoms with Crippen molar-refractivity contribution in [1.29, 1.82) is 0 Å². The van der Waals surface area contributed by atoms with Crippen molar-refractivity contribution in [1.82, 2.24) is 9.80 Å². The predicted molar refractivity (Wildman–Crippen MR) is 60.8 cm³/mol. The highest BCUT2D eigenvalue weighted by molar-refractivity contribution is 5.68. The zero-order valence-corrected chi connectivity index (χ0v) is 10.0. The summed E-state index contributed by atoms with van der Waals surface area (Å²) in [6.45, 7) is 4.89. The van der Waals surface area contributed by atoms with Crippen LogP contribution < -0.4 is 0 Å². The predicted octanol–water partition coefficient (Wildman–Crippen LogP) is -0.478. The quantitative estimate of drug-likeness (QED) is 0.726. The maximum absolute atomic E-state index is 11.6. The number of rotatable bonds is 3. The van der Waals surface area contributed by atoms with Crippen LogP contribution in [0.15, 0.2) is 0 Å². The maximum atomic E-state index is 11.6. The summed E-state index contributed by atoms with van der Waals surface area (Å²) in [6, 6.07) is 0.431. The minimum Gasteiger partial charge on any atom is -0.447 e. The standard InChI is InChI=1S/C11H20N2O4/c14-5-8-17-11(15)13-2-1-10(9-13)12-3-6-16-7-4-12/h10,14H,1-9H2. The van der Waals surface area contributed by atoms with Crippen LogP contribution >= 0.6 is 0 Å². The Labute approximate surface area is 101 Å². The summed E-state index contributed by atoms with van der Waals surface area (Å²) in [6.07, 6.45) is 0.684. The second-order valence-electron chi connectivity index (χ2n) is 4.37. The number of aliphatic hydroxyl groups excluding tert-OH is 1. The van der Waals surface area contributed by atoms with Crippen LogP contribution in [0.1, 0.15) is 6.42 Å². The van der Waals surface area contributed by atoms with Gasteiger partial charge in [-0.15, -0.1) is 0 Å². The van der Waals surface area contributed by atoms with Crippen LogP contribution in [0.2, 0.25) is 0 Å². The Kier molecular flexibility index (Phi) is 4.58. The Hall–Kier alpha value is -0.850. The number of morpholine rings is 1. The van der Waals surface area contributed by atoms with E-state index in [-0.39, 0.29) is 19.3 Å². The van der Waals surface area contributed by atoms with E-state index in [1.807, 2.05) is 0 Å². The normalized spacial score (nSPS) is 26.2. The third-order valence-electron chi connectivity index (χ3n) is 3.30. The summed E-state index contributed by atoms with van der Waals surface area (Å²) >= 11 is 0. The van der Waals surface area contributed by atoms with Gasteiger partial charge in [0, 0.05) is 32.2 Å². The average molecular weight is 244 g/mol. The molecule has 2 rings (SSSR count). The molecule has 1 N–H and O–H groups in total. The topological polar surface area (TPSA) is 62.2 Å². The summed E-state index contributed by atoms with van der Waals surface area (Å²) in [4.78, 5) is 15.7. The first-order chi connectivity index (χ1) is 8.31. The van der Waals surface area contributed by atoms with E-state index in [0.717, 1.165) is 45.8 Å². The molecule has 0 bridgehead atoms. The Balaban J connectivity index is 1.76. The van der Waals surface area contributed by atoms with Gasteiger partial charge < -0.3 is 19.5 Å². The summed E-state index contributed by atoms with van der Waals surface area (Å²) in [5, 5.41) is 8.60. The molecule has 0 aromatic rings. The van der Waals surface area contributed by atoms with E-state index < -0.39 is 0 Å². The molecule has 17 heavy (non-hydrogen) atoms. The van der Waals surface area contributed by atoms with Crippen LogP contribution in [0.25, 0.3) is 0 Å². The van der Waals surface area contributed by atoms with Gasteiger partial charge in [0.2, 0.25) is 0 Å². The van der Waals surface area contributed by atoms with Crippen LogP contribution in [0, 0.1) is 0 Å². The summed E-state index contributed by atoms with van der Waals surface area (Å²) in [5.41, 5.74) is 0. The largest absolute Gasteiger partial charge is 0.447 e. The third-order valence-corrected chi connectivity index (χ3v) is 3.30. The van der Waals surface area contributed by atoms with Crippen LogP contribution in [0.4, 0.5) is 4.79 Å². The van der Waals surface area contributed by atoms with Gasteiger partial charge in [0.05, 0.1) is 19.8 Å². The number of likely N-dealkylation sites (tertiary alicyclic amines) is 1. The molecule has 0 aromatic carbocycles. The first kappa shape index (κ1) is 12.6. The summed E-state index contributed by atoms with van der Waals surface area (Å²) in [5.74, 6) is 0. The Bertz CT molecular complexity index is 256. The third kappa shape index (κ3) is 3.31. The van der Waals surface area contributed by atoms with Gasteiger partial charge in [-0.25, -0.2) is 4.79 Å².